The van der Waals surface area contributed by atoms with Crippen LogP contribution in [-0.2, 0) is 12.8 Å². The van der Waals surface area contributed by atoms with Crippen LogP contribution in [0.4, 0.5) is 5.13 Å². The zero-order valence-electron chi connectivity index (χ0n) is 23.2. The summed E-state index contributed by atoms with van der Waals surface area (Å²) >= 11 is 1.74. The molecular weight excluding hydrogens is 531 g/mol. The number of aromatic nitrogens is 1. The van der Waals surface area contributed by atoms with Gasteiger partial charge in [0.1, 0.15) is 0 Å². The molecule has 0 saturated heterocycles. The third-order valence-corrected chi connectivity index (χ3v) is 7.94. The first kappa shape index (κ1) is 46.7. The Balaban J connectivity index is -0.00000120. The van der Waals surface area contributed by atoms with Gasteiger partial charge in [0, 0.05) is 12.1 Å². The molecule has 0 spiro atoms. The lowest BCUT2D eigenvalue weighted by atomic mass is 9.94. The van der Waals surface area contributed by atoms with Gasteiger partial charge in [0.15, 0.2) is 0 Å². The molecule has 2 aromatic carbocycles. The average molecular weight is 602 g/mol. The molecule has 0 atom stereocenters. The number of aryl methyl sites for hydroxylation is 2. The highest BCUT2D eigenvalue weighted by Crippen LogP contribution is 2.29. The molecule has 3 nitrogen and oxygen atoms in total. The summed E-state index contributed by atoms with van der Waals surface area (Å²) in [6.07, 6.45) is 16.5. The second-order valence-corrected chi connectivity index (χ2v) is 11.1. The van der Waals surface area contributed by atoms with E-state index < -0.39 is 0 Å². The molecule has 42 heavy (non-hydrogen) atoms. The van der Waals surface area contributed by atoms with Crippen molar-refractivity contribution in [3.8, 4) is 0 Å². The topological polar surface area (TPSA) is 28.5 Å². The van der Waals surface area contributed by atoms with Gasteiger partial charge in [0.2, 0.25) is 5.13 Å². The maximum atomic E-state index is 5.18. The summed E-state index contributed by atoms with van der Waals surface area (Å²) in [4.78, 5) is 4.90. The van der Waals surface area contributed by atoms with E-state index in [0.29, 0.717) is 0 Å². The van der Waals surface area contributed by atoms with Gasteiger partial charge in [-0.25, -0.2) is 9.99 Å². The zero-order chi connectivity index (χ0) is 25.6. The molecule has 0 aliphatic rings. The molecule has 0 amide bonds. The van der Waals surface area contributed by atoms with Gasteiger partial charge in [-0.15, -0.1) is 0 Å². The van der Waals surface area contributed by atoms with Crippen LogP contribution in [0.3, 0.4) is 0 Å². The Hall–Kier alpha value is -2.20. The molecule has 0 radical (unpaired) electrons. The molecule has 1 aromatic heterocycles. The van der Waals surface area contributed by atoms with Crippen LogP contribution in [-0.4, -0.2) is 17.2 Å². The number of hydrogen-bond acceptors (Lipinski definition) is 4. The molecule has 0 bridgehead atoms. The number of nitrogens with zero attached hydrogens (tertiary/aromatic N) is 3. The number of anilines is 1. The fourth-order valence-corrected chi connectivity index (χ4v) is 5.73. The van der Waals surface area contributed by atoms with Crippen molar-refractivity contribution < 1.29 is 0 Å². The van der Waals surface area contributed by atoms with E-state index in [9.17, 15) is 0 Å². The molecule has 0 aliphatic heterocycles. The predicted molar refractivity (Wildman–Crippen MR) is 201 cm³/mol. The van der Waals surface area contributed by atoms with E-state index in [1.807, 2.05) is 0 Å². The van der Waals surface area contributed by atoms with Crippen molar-refractivity contribution in [3.63, 3.8) is 0 Å². The van der Waals surface area contributed by atoms with Gasteiger partial charge in [0.05, 0.1) is 15.9 Å². The molecule has 0 unspecified atom stereocenters. The number of fused-ring (bicyclic) bond motifs is 1. The van der Waals surface area contributed by atoms with Crippen LogP contribution in [0.5, 0.6) is 0 Å². The number of para-hydroxylation sites is 1. The van der Waals surface area contributed by atoms with Crippen LogP contribution in [0, 0.1) is 0 Å². The molecule has 0 N–H and O–H groups in total. The van der Waals surface area contributed by atoms with E-state index in [1.54, 1.807) is 11.3 Å². The normalized spacial score (nSPS) is 10.2. The Morgan fingerprint density at radius 2 is 1.31 bits per heavy atom. The van der Waals surface area contributed by atoms with Crippen molar-refractivity contribution in [2.45, 2.75) is 156 Å². The summed E-state index contributed by atoms with van der Waals surface area (Å²) in [5, 5.41) is 8.30. The van der Waals surface area contributed by atoms with Gasteiger partial charge in [-0.2, -0.15) is 5.10 Å². The summed E-state index contributed by atoms with van der Waals surface area (Å²) in [6.45, 7) is 9.85. The largest absolute Gasteiger partial charge is 0.239 e. The summed E-state index contributed by atoms with van der Waals surface area (Å²) in [6, 6.07) is 15.6. The van der Waals surface area contributed by atoms with Gasteiger partial charge in [-0.1, -0.05) is 152 Å². The van der Waals surface area contributed by atoms with Gasteiger partial charge in [-0.05, 0) is 68.4 Å². The van der Waals surface area contributed by atoms with Gasteiger partial charge in [-0.3, -0.25) is 0 Å². The SMILES string of the molecule is C.C.C.C.C.C.CCCCCCCc1ccc(CCCCCCC)c(/C(C)=N/N(CCC)c2nc3ccccc3s2)c1. The Morgan fingerprint density at radius 3 is 1.90 bits per heavy atom. The molecule has 1 heterocycles. The number of unbranched alkanes of at least 4 members (excludes halogenated alkanes) is 8. The Bertz CT molecular complexity index is 1040. The summed E-state index contributed by atoms with van der Waals surface area (Å²) in [5.74, 6) is 0. The van der Waals surface area contributed by atoms with Crippen molar-refractivity contribution in [3.05, 3.63) is 59.2 Å². The van der Waals surface area contributed by atoms with Gasteiger partial charge < -0.3 is 0 Å². The molecule has 3 aromatic rings. The quantitative estimate of drug-likeness (QED) is 0.0874. The number of rotatable bonds is 17. The average Bonchev–Trinajstić information content (AvgIpc) is 3.33. The lowest BCUT2D eigenvalue weighted by Crippen LogP contribution is -2.20. The summed E-state index contributed by atoms with van der Waals surface area (Å²) in [7, 11) is 0. The van der Waals surface area contributed by atoms with E-state index in [0.717, 1.165) is 42.2 Å². The van der Waals surface area contributed by atoms with Crippen LogP contribution in [0.1, 0.15) is 160 Å². The third-order valence-electron chi connectivity index (χ3n) is 6.89. The highest BCUT2D eigenvalue weighted by Gasteiger charge is 2.14. The molecule has 0 fully saturated rings. The molecular formula is C38H71N3S. The zero-order valence-corrected chi connectivity index (χ0v) is 24.0. The standard InChI is InChI=1S/C32H47N3S.6CH4/c1-5-8-10-12-14-18-27-22-23-28(19-15-13-11-9-6-2)29(25-27)26(4)34-35(24-7-3)32-33-30-20-16-17-21-31(30)36-32;;;;;;/h16-17,20-23,25H,5-15,18-19,24H2,1-4H3;6*1H4/b34-26+;;;;;;. The minimum Gasteiger partial charge on any atom is -0.239 e. The predicted octanol–water partition coefficient (Wildman–Crippen LogP) is 13.8. The molecule has 0 saturated carbocycles. The summed E-state index contributed by atoms with van der Waals surface area (Å²) in [5.41, 5.74) is 6.40. The van der Waals surface area contributed by atoms with E-state index in [-0.39, 0.29) is 44.6 Å². The number of hydrogen-bond donors (Lipinski definition) is 0. The Kier molecular flexibility index (Phi) is 29.4. The first-order chi connectivity index (χ1) is 17.7. The van der Waals surface area contributed by atoms with Crippen molar-refractivity contribution >= 4 is 32.4 Å². The first-order valence-electron chi connectivity index (χ1n) is 14.5. The molecule has 0 aliphatic carbocycles. The van der Waals surface area contributed by atoms with Crippen molar-refractivity contribution in [2.24, 2.45) is 5.10 Å². The van der Waals surface area contributed by atoms with E-state index in [1.165, 1.54) is 85.6 Å². The molecule has 244 valence electrons. The minimum atomic E-state index is 0. The van der Waals surface area contributed by atoms with Crippen molar-refractivity contribution in [2.75, 3.05) is 11.6 Å². The minimum absolute atomic E-state index is 0. The fourth-order valence-electron chi connectivity index (χ4n) is 4.79. The number of thiazole rings is 1. The maximum Gasteiger partial charge on any atom is 0.207 e. The van der Waals surface area contributed by atoms with Crippen molar-refractivity contribution in [1.29, 1.82) is 0 Å². The second-order valence-electron chi connectivity index (χ2n) is 10.1. The first-order valence-corrected chi connectivity index (χ1v) is 15.3. The maximum absolute atomic E-state index is 5.18. The van der Waals surface area contributed by atoms with Crippen LogP contribution < -0.4 is 5.01 Å². The molecule has 3 rings (SSSR count). The molecule has 4 heteroatoms. The Morgan fingerprint density at radius 1 is 0.714 bits per heavy atom. The summed E-state index contributed by atoms with van der Waals surface area (Å²) < 4.78 is 1.22. The highest BCUT2D eigenvalue weighted by atomic mass is 32.1. The van der Waals surface area contributed by atoms with Crippen LogP contribution >= 0.6 is 11.3 Å². The van der Waals surface area contributed by atoms with Gasteiger partial charge in [0.25, 0.3) is 0 Å². The lowest BCUT2D eigenvalue weighted by molar-refractivity contribution is 0.629. The second kappa shape index (κ2) is 26.4. The number of hydrazone groups is 1. The number of benzene rings is 2. The van der Waals surface area contributed by atoms with E-state index in [2.05, 4.69) is 75.2 Å². The van der Waals surface area contributed by atoms with Crippen LogP contribution in [0.25, 0.3) is 10.2 Å². The van der Waals surface area contributed by atoms with Crippen molar-refractivity contribution in [1.82, 2.24) is 4.98 Å². The lowest BCUT2D eigenvalue weighted by Gasteiger charge is -2.18. The van der Waals surface area contributed by atoms with E-state index in [4.69, 9.17) is 10.1 Å². The van der Waals surface area contributed by atoms with Crippen LogP contribution in [0.2, 0.25) is 0 Å². The van der Waals surface area contributed by atoms with E-state index >= 15 is 0 Å². The monoisotopic (exact) mass is 602 g/mol. The Labute approximate surface area is 268 Å². The van der Waals surface area contributed by atoms with Crippen LogP contribution in [0.15, 0.2) is 47.6 Å². The smallest absolute Gasteiger partial charge is 0.207 e. The third kappa shape index (κ3) is 14.8. The fraction of sp³-hybridized carbons (Fsp3) is 0.632. The van der Waals surface area contributed by atoms with Gasteiger partial charge >= 0.3 is 0 Å². The highest BCUT2D eigenvalue weighted by molar-refractivity contribution is 7.22.